The third-order valence-electron chi connectivity index (χ3n) is 3.35. The average molecular weight is 368 g/mol. The van der Waals surface area contributed by atoms with Gasteiger partial charge in [-0.1, -0.05) is 12.1 Å². The Labute approximate surface area is 135 Å². The van der Waals surface area contributed by atoms with E-state index in [1.807, 2.05) is 32.0 Å². The van der Waals surface area contributed by atoms with Crippen LogP contribution in [0.25, 0.3) is 16.7 Å². The summed E-state index contributed by atoms with van der Waals surface area (Å²) in [6.45, 7) is 3.84. The molecule has 0 bridgehead atoms. The van der Waals surface area contributed by atoms with Crippen molar-refractivity contribution in [2.24, 2.45) is 0 Å². The summed E-state index contributed by atoms with van der Waals surface area (Å²) in [5.74, 6) is 0.311. The van der Waals surface area contributed by atoms with E-state index in [0.717, 1.165) is 16.6 Å². The van der Waals surface area contributed by atoms with Crippen molar-refractivity contribution in [1.29, 1.82) is 0 Å². The highest BCUT2D eigenvalue weighted by Crippen LogP contribution is 2.33. The lowest BCUT2D eigenvalue weighted by molar-refractivity contribution is 0.615. The molecule has 0 amide bonds. The minimum absolute atomic E-state index is 0.317. The number of alkyl halides is 1. The number of imidazole rings is 1. The van der Waals surface area contributed by atoms with E-state index in [1.54, 1.807) is 16.7 Å². The number of rotatable bonds is 2. The zero-order valence-electron chi connectivity index (χ0n) is 11.6. The van der Waals surface area contributed by atoms with Crippen molar-refractivity contribution in [2.75, 3.05) is 0 Å². The molecule has 0 radical (unpaired) electrons. The Morgan fingerprint density at radius 1 is 1.29 bits per heavy atom. The Hall–Kier alpha value is -1.39. The van der Waals surface area contributed by atoms with Gasteiger partial charge in [0.25, 0.3) is 0 Å². The lowest BCUT2D eigenvalue weighted by Gasteiger charge is -2.13. The number of hydrogen-bond donors (Lipinski definition) is 0. The van der Waals surface area contributed by atoms with Gasteiger partial charge in [-0.15, -0.1) is 11.6 Å². The Morgan fingerprint density at radius 3 is 2.71 bits per heavy atom. The first-order valence-corrected chi connectivity index (χ1v) is 7.79. The number of nitrogens with zero attached hydrogens (tertiary/aromatic N) is 2. The van der Waals surface area contributed by atoms with E-state index in [4.69, 9.17) is 11.6 Å². The van der Waals surface area contributed by atoms with Crippen LogP contribution in [0.5, 0.6) is 0 Å². The summed E-state index contributed by atoms with van der Waals surface area (Å²) in [7, 11) is 0. The third kappa shape index (κ3) is 2.47. The van der Waals surface area contributed by atoms with Crippen molar-refractivity contribution in [3.8, 4) is 5.69 Å². The minimum atomic E-state index is -0.329. The van der Waals surface area contributed by atoms with E-state index < -0.39 is 0 Å². The van der Waals surface area contributed by atoms with Crippen molar-refractivity contribution >= 4 is 38.6 Å². The van der Waals surface area contributed by atoms with Crippen LogP contribution in [0.1, 0.15) is 23.7 Å². The second kappa shape index (κ2) is 5.43. The molecule has 5 heteroatoms. The Bertz CT molecular complexity index is 806. The second-order valence-corrected chi connectivity index (χ2v) is 6.49. The van der Waals surface area contributed by atoms with Gasteiger partial charge in [-0.3, -0.25) is 4.57 Å². The smallest absolute Gasteiger partial charge is 0.148 e. The van der Waals surface area contributed by atoms with E-state index in [9.17, 15) is 4.39 Å². The van der Waals surface area contributed by atoms with E-state index in [-0.39, 0.29) is 11.2 Å². The minimum Gasteiger partial charge on any atom is -0.291 e. The van der Waals surface area contributed by atoms with Crippen LogP contribution >= 0.6 is 27.5 Å². The molecule has 3 aromatic rings. The van der Waals surface area contributed by atoms with Crippen LogP contribution < -0.4 is 0 Å². The maximum Gasteiger partial charge on any atom is 0.148 e. The summed E-state index contributed by atoms with van der Waals surface area (Å²) in [6, 6.07) is 10.8. The van der Waals surface area contributed by atoms with Gasteiger partial charge >= 0.3 is 0 Å². The highest BCUT2D eigenvalue weighted by Gasteiger charge is 2.20. The molecule has 0 fully saturated rings. The molecule has 0 spiro atoms. The molecular weight excluding hydrogens is 355 g/mol. The molecular formula is C16H13BrClFN2. The third-order valence-corrected chi connectivity index (χ3v) is 4.19. The zero-order chi connectivity index (χ0) is 15.1. The molecule has 1 atom stereocenters. The number of fused-ring (bicyclic) bond motifs is 1. The van der Waals surface area contributed by atoms with Gasteiger partial charge in [-0.25, -0.2) is 9.37 Å². The Kier molecular flexibility index (Phi) is 3.76. The van der Waals surface area contributed by atoms with Gasteiger partial charge in [0.15, 0.2) is 0 Å². The summed E-state index contributed by atoms with van der Waals surface area (Å²) in [5, 5.41) is -0.329. The maximum atomic E-state index is 14.3. The van der Waals surface area contributed by atoms with Gasteiger partial charge in [0.2, 0.25) is 0 Å². The number of aryl methyl sites for hydroxylation is 1. The number of hydrogen-bond acceptors (Lipinski definition) is 1. The predicted octanol–water partition coefficient (Wildman–Crippen LogP) is 5.54. The molecule has 0 aliphatic heterocycles. The molecule has 21 heavy (non-hydrogen) atoms. The molecule has 1 heterocycles. The molecule has 0 aliphatic carbocycles. The fourth-order valence-corrected chi connectivity index (χ4v) is 3.08. The molecule has 0 saturated carbocycles. The molecule has 3 rings (SSSR count). The van der Waals surface area contributed by atoms with Gasteiger partial charge in [0, 0.05) is 4.47 Å². The van der Waals surface area contributed by atoms with Gasteiger partial charge in [0.05, 0.1) is 22.1 Å². The molecule has 108 valence electrons. The summed E-state index contributed by atoms with van der Waals surface area (Å²) < 4.78 is 16.8. The quantitative estimate of drug-likeness (QED) is 0.544. The normalized spacial score (nSPS) is 12.8. The first-order valence-electron chi connectivity index (χ1n) is 6.56. The van der Waals surface area contributed by atoms with E-state index in [2.05, 4.69) is 20.9 Å². The van der Waals surface area contributed by atoms with Gasteiger partial charge in [-0.05, 0) is 59.6 Å². The van der Waals surface area contributed by atoms with Gasteiger partial charge in [-0.2, -0.15) is 0 Å². The highest BCUT2D eigenvalue weighted by molar-refractivity contribution is 9.10. The first-order chi connectivity index (χ1) is 9.99. The zero-order valence-corrected chi connectivity index (χ0v) is 13.9. The SMILES string of the molecule is Cc1ccc2c(c1)nc(C(C)Cl)n2-c1c(F)cccc1Br. The lowest BCUT2D eigenvalue weighted by Crippen LogP contribution is -2.05. The number of benzene rings is 2. The lowest BCUT2D eigenvalue weighted by atomic mass is 10.2. The Morgan fingerprint density at radius 2 is 2.05 bits per heavy atom. The molecule has 1 aromatic heterocycles. The topological polar surface area (TPSA) is 17.8 Å². The molecule has 1 unspecified atom stereocenters. The van der Waals surface area contributed by atoms with Crippen LogP contribution in [0.2, 0.25) is 0 Å². The van der Waals surface area contributed by atoms with Crippen LogP contribution in [0.15, 0.2) is 40.9 Å². The highest BCUT2D eigenvalue weighted by atomic mass is 79.9. The van der Waals surface area contributed by atoms with Gasteiger partial charge in [0.1, 0.15) is 11.6 Å². The van der Waals surface area contributed by atoms with Crippen molar-refractivity contribution < 1.29 is 4.39 Å². The summed E-state index contributed by atoms with van der Waals surface area (Å²) in [5.41, 5.74) is 3.20. The Balaban J connectivity index is 2.42. The van der Waals surface area contributed by atoms with Crippen LogP contribution in [-0.4, -0.2) is 9.55 Å². The maximum absolute atomic E-state index is 14.3. The first kappa shape index (κ1) is 14.5. The van der Waals surface area contributed by atoms with Crippen molar-refractivity contribution in [1.82, 2.24) is 9.55 Å². The van der Waals surface area contributed by atoms with Crippen LogP contribution in [0.4, 0.5) is 4.39 Å². The summed E-state index contributed by atoms with van der Waals surface area (Å²) in [4.78, 5) is 4.58. The predicted molar refractivity (Wildman–Crippen MR) is 87.7 cm³/mol. The number of halogens is 3. The standard InChI is InChI=1S/C16H13BrClFN2/c1-9-6-7-14-13(8-9)20-16(10(2)18)21(14)15-11(17)4-3-5-12(15)19/h3-8,10H,1-2H3. The van der Waals surface area contributed by atoms with Crippen molar-refractivity contribution in [3.05, 3.63) is 58.1 Å². The monoisotopic (exact) mass is 366 g/mol. The molecule has 2 nitrogen and oxygen atoms in total. The fourth-order valence-electron chi connectivity index (χ4n) is 2.41. The molecule has 2 aromatic carbocycles. The van der Waals surface area contributed by atoms with Crippen LogP contribution in [0, 0.1) is 12.7 Å². The average Bonchev–Trinajstić information content (AvgIpc) is 2.77. The van der Waals surface area contributed by atoms with E-state index in [1.165, 1.54) is 6.07 Å². The largest absolute Gasteiger partial charge is 0.291 e. The van der Waals surface area contributed by atoms with Crippen LogP contribution in [0.3, 0.4) is 0 Å². The van der Waals surface area contributed by atoms with E-state index in [0.29, 0.717) is 16.0 Å². The molecule has 0 N–H and O–H groups in total. The van der Waals surface area contributed by atoms with E-state index >= 15 is 0 Å². The molecule has 0 aliphatic rings. The summed E-state index contributed by atoms with van der Waals surface area (Å²) >= 11 is 9.67. The van der Waals surface area contributed by atoms with Crippen molar-refractivity contribution in [3.63, 3.8) is 0 Å². The number of para-hydroxylation sites is 1. The summed E-state index contributed by atoms with van der Waals surface area (Å²) in [6.07, 6.45) is 0. The van der Waals surface area contributed by atoms with Gasteiger partial charge < -0.3 is 0 Å². The molecule has 0 saturated heterocycles. The van der Waals surface area contributed by atoms with Crippen LogP contribution in [-0.2, 0) is 0 Å². The fraction of sp³-hybridized carbons (Fsp3) is 0.188. The number of aromatic nitrogens is 2. The second-order valence-electron chi connectivity index (χ2n) is 4.98. The van der Waals surface area contributed by atoms with Crippen molar-refractivity contribution in [2.45, 2.75) is 19.2 Å².